The van der Waals surface area contributed by atoms with Crippen molar-refractivity contribution in [3.05, 3.63) is 29.8 Å². The summed E-state index contributed by atoms with van der Waals surface area (Å²) in [5, 5.41) is 9.59. The van der Waals surface area contributed by atoms with Crippen LogP contribution >= 0.6 is 0 Å². The molecule has 1 heterocycles. The highest BCUT2D eigenvalue weighted by atomic mass is 16.5. The Bertz CT molecular complexity index is 463. The summed E-state index contributed by atoms with van der Waals surface area (Å²) in [6.45, 7) is 5.00. The second kappa shape index (κ2) is 6.05. The van der Waals surface area contributed by atoms with Gasteiger partial charge in [0.05, 0.1) is 26.4 Å². The third-order valence-corrected chi connectivity index (χ3v) is 3.68. The standard InChI is InChI=1S/C15H20N2O2/c1-15(12-16,17-7-9-19-10-8-17)11-13-5-3-4-6-14(13)18-2/h3-6H,7-11H2,1-2H3. The second-order valence-corrected chi connectivity index (χ2v) is 4.97. The molecule has 1 saturated heterocycles. The van der Waals surface area contributed by atoms with E-state index in [0.717, 1.165) is 24.4 Å². The highest BCUT2D eigenvalue weighted by Crippen LogP contribution is 2.26. The Morgan fingerprint density at radius 1 is 1.37 bits per heavy atom. The van der Waals surface area contributed by atoms with Crippen molar-refractivity contribution in [3.63, 3.8) is 0 Å². The Morgan fingerprint density at radius 2 is 2.05 bits per heavy atom. The lowest BCUT2D eigenvalue weighted by molar-refractivity contribution is 0.00177. The molecular formula is C15H20N2O2. The molecule has 0 spiro atoms. The number of nitrogens with zero attached hydrogens (tertiary/aromatic N) is 2. The van der Waals surface area contributed by atoms with Crippen LogP contribution in [0.4, 0.5) is 0 Å². The van der Waals surface area contributed by atoms with Crippen molar-refractivity contribution < 1.29 is 9.47 Å². The Balaban J connectivity index is 2.20. The lowest BCUT2D eigenvalue weighted by Gasteiger charge is -2.38. The molecule has 1 aliphatic rings. The number of ether oxygens (including phenoxy) is 2. The zero-order valence-electron chi connectivity index (χ0n) is 11.6. The summed E-state index contributed by atoms with van der Waals surface area (Å²) in [6.07, 6.45) is 0.660. The highest BCUT2D eigenvalue weighted by Gasteiger charge is 2.34. The van der Waals surface area contributed by atoms with Crippen molar-refractivity contribution in [2.24, 2.45) is 0 Å². The van der Waals surface area contributed by atoms with Crippen LogP contribution in [0.5, 0.6) is 5.75 Å². The maximum Gasteiger partial charge on any atom is 0.122 e. The molecule has 0 radical (unpaired) electrons. The fourth-order valence-electron chi connectivity index (χ4n) is 2.50. The molecule has 1 unspecified atom stereocenters. The molecule has 1 fully saturated rings. The van der Waals surface area contributed by atoms with E-state index in [1.807, 2.05) is 31.2 Å². The molecule has 19 heavy (non-hydrogen) atoms. The van der Waals surface area contributed by atoms with E-state index in [-0.39, 0.29) is 0 Å². The number of hydrogen-bond donors (Lipinski definition) is 0. The fourth-order valence-corrected chi connectivity index (χ4v) is 2.50. The predicted octanol–water partition coefficient (Wildman–Crippen LogP) is 1.85. The SMILES string of the molecule is COc1ccccc1CC(C)(C#N)N1CCOCC1. The summed E-state index contributed by atoms with van der Waals surface area (Å²) in [5.74, 6) is 0.845. The van der Waals surface area contributed by atoms with E-state index in [1.54, 1.807) is 7.11 Å². The van der Waals surface area contributed by atoms with Gasteiger partial charge in [0.25, 0.3) is 0 Å². The van der Waals surface area contributed by atoms with Crippen molar-refractivity contribution in [2.45, 2.75) is 18.9 Å². The van der Waals surface area contributed by atoms with E-state index < -0.39 is 5.54 Å². The average Bonchev–Trinajstić information content (AvgIpc) is 2.48. The summed E-state index contributed by atoms with van der Waals surface area (Å²) in [7, 11) is 1.66. The molecule has 1 aromatic rings. The van der Waals surface area contributed by atoms with E-state index in [4.69, 9.17) is 9.47 Å². The van der Waals surface area contributed by atoms with Gasteiger partial charge in [-0.3, -0.25) is 4.90 Å². The van der Waals surface area contributed by atoms with Gasteiger partial charge in [0.2, 0.25) is 0 Å². The van der Waals surface area contributed by atoms with Gasteiger partial charge in [-0.15, -0.1) is 0 Å². The van der Waals surface area contributed by atoms with Gasteiger partial charge >= 0.3 is 0 Å². The third kappa shape index (κ3) is 3.06. The summed E-state index contributed by atoms with van der Waals surface area (Å²) < 4.78 is 10.7. The van der Waals surface area contributed by atoms with Crippen LogP contribution in [0.15, 0.2) is 24.3 Å². The van der Waals surface area contributed by atoms with Crippen LogP contribution < -0.4 is 4.74 Å². The van der Waals surface area contributed by atoms with Gasteiger partial charge in [-0.05, 0) is 18.6 Å². The van der Waals surface area contributed by atoms with Gasteiger partial charge in [0, 0.05) is 19.5 Å². The number of morpholine rings is 1. The first kappa shape index (κ1) is 13.9. The monoisotopic (exact) mass is 260 g/mol. The van der Waals surface area contributed by atoms with Crippen LogP contribution in [0.3, 0.4) is 0 Å². The topological polar surface area (TPSA) is 45.5 Å². The van der Waals surface area contributed by atoms with Crippen LogP contribution in [-0.4, -0.2) is 43.9 Å². The third-order valence-electron chi connectivity index (χ3n) is 3.68. The van der Waals surface area contributed by atoms with Gasteiger partial charge in [-0.25, -0.2) is 0 Å². The first-order valence-electron chi connectivity index (χ1n) is 6.55. The number of rotatable bonds is 4. The molecular weight excluding hydrogens is 240 g/mol. The number of methoxy groups -OCH3 is 1. The van der Waals surface area contributed by atoms with Gasteiger partial charge in [-0.2, -0.15) is 5.26 Å². The Kier molecular flexibility index (Phi) is 4.41. The Hall–Kier alpha value is -1.57. The van der Waals surface area contributed by atoms with E-state index in [9.17, 15) is 5.26 Å². The second-order valence-electron chi connectivity index (χ2n) is 4.97. The summed E-state index contributed by atoms with van der Waals surface area (Å²) in [5.41, 5.74) is 0.554. The van der Waals surface area contributed by atoms with E-state index >= 15 is 0 Å². The Morgan fingerprint density at radius 3 is 2.68 bits per heavy atom. The molecule has 1 aliphatic heterocycles. The zero-order valence-corrected chi connectivity index (χ0v) is 11.6. The lowest BCUT2D eigenvalue weighted by Crippen LogP contribution is -2.52. The number of benzene rings is 1. The Labute approximate surface area is 114 Å². The number of hydrogen-bond acceptors (Lipinski definition) is 4. The molecule has 0 bridgehead atoms. The maximum atomic E-state index is 9.59. The number of nitriles is 1. The van der Waals surface area contributed by atoms with Gasteiger partial charge in [0.1, 0.15) is 11.3 Å². The predicted molar refractivity (Wildman–Crippen MR) is 73.1 cm³/mol. The van der Waals surface area contributed by atoms with Crippen LogP contribution in [-0.2, 0) is 11.2 Å². The van der Waals surface area contributed by atoms with Crippen molar-refractivity contribution in [3.8, 4) is 11.8 Å². The van der Waals surface area contributed by atoms with E-state index in [2.05, 4.69) is 11.0 Å². The van der Waals surface area contributed by atoms with Crippen molar-refractivity contribution in [2.75, 3.05) is 33.4 Å². The van der Waals surface area contributed by atoms with Crippen LogP contribution in [0.2, 0.25) is 0 Å². The molecule has 0 saturated carbocycles. The molecule has 2 rings (SSSR count). The zero-order chi connectivity index (χ0) is 13.7. The quantitative estimate of drug-likeness (QED) is 0.829. The molecule has 0 amide bonds. The van der Waals surface area contributed by atoms with Gasteiger partial charge < -0.3 is 9.47 Å². The van der Waals surface area contributed by atoms with Crippen LogP contribution in [0.25, 0.3) is 0 Å². The minimum Gasteiger partial charge on any atom is -0.496 e. The molecule has 102 valence electrons. The average molecular weight is 260 g/mol. The largest absolute Gasteiger partial charge is 0.496 e. The summed E-state index contributed by atoms with van der Waals surface area (Å²) in [6, 6.07) is 10.3. The van der Waals surface area contributed by atoms with E-state index in [0.29, 0.717) is 19.6 Å². The molecule has 4 heteroatoms. The first-order chi connectivity index (χ1) is 9.19. The molecule has 1 atom stereocenters. The fraction of sp³-hybridized carbons (Fsp3) is 0.533. The van der Waals surface area contributed by atoms with Crippen LogP contribution in [0.1, 0.15) is 12.5 Å². The molecule has 0 aliphatic carbocycles. The van der Waals surface area contributed by atoms with Crippen LogP contribution in [0, 0.1) is 11.3 Å². The van der Waals surface area contributed by atoms with Gasteiger partial charge in [-0.1, -0.05) is 18.2 Å². The van der Waals surface area contributed by atoms with Gasteiger partial charge in [0.15, 0.2) is 0 Å². The highest BCUT2D eigenvalue weighted by molar-refractivity contribution is 5.36. The number of para-hydroxylation sites is 1. The van der Waals surface area contributed by atoms with Crippen molar-refractivity contribution in [1.29, 1.82) is 5.26 Å². The summed E-state index contributed by atoms with van der Waals surface area (Å²) >= 11 is 0. The minimum atomic E-state index is -0.515. The molecule has 0 aromatic heterocycles. The first-order valence-corrected chi connectivity index (χ1v) is 6.55. The molecule has 0 N–H and O–H groups in total. The molecule has 1 aromatic carbocycles. The molecule has 4 nitrogen and oxygen atoms in total. The minimum absolute atomic E-state index is 0.515. The smallest absolute Gasteiger partial charge is 0.122 e. The summed E-state index contributed by atoms with van der Waals surface area (Å²) in [4.78, 5) is 2.20. The maximum absolute atomic E-state index is 9.59. The lowest BCUT2D eigenvalue weighted by atomic mass is 9.91. The normalized spacial score (nSPS) is 19.4. The van der Waals surface area contributed by atoms with Crippen molar-refractivity contribution >= 4 is 0 Å². The van der Waals surface area contributed by atoms with E-state index in [1.165, 1.54) is 0 Å². The van der Waals surface area contributed by atoms with Crippen molar-refractivity contribution in [1.82, 2.24) is 4.90 Å².